The molecule has 0 aromatic heterocycles. The maximum absolute atomic E-state index is 8.53. The molecule has 2 nitrogen and oxygen atoms in total. The van der Waals surface area contributed by atoms with Gasteiger partial charge >= 0.3 is 0 Å². The van der Waals surface area contributed by atoms with Crippen LogP contribution in [0.15, 0.2) is 30.3 Å². The molecule has 0 spiro atoms. The number of hydrogen-bond donors (Lipinski definition) is 1. The molecule has 1 aromatic carbocycles. The molecule has 1 rings (SSSR count). The van der Waals surface area contributed by atoms with Gasteiger partial charge in [-0.2, -0.15) is 0 Å². The molecule has 0 saturated carbocycles. The van der Waals surface area contributed by atoms with E-state index in [-0.39, 0.29) is 6.61 Å². The molecule has 0 aliphatic heterocycles. The van der Waals surface area contributed by atoms with E-state index in [1.165, 1.54) is 5.56 Å². The van der Waals surface area contributed by atoms with Gasteiger partial charge in [-0.25, -0.2) is 0 Å². The summed E-state index contributed by atoms with van der Waals surface area (Å²) in [5, 5.41) is 8.53. The van der Waals surface area contributed by atoms with Gasteiger partial charge in [-0.15, -0.1) is 0 Å². The Labute approximate surface area is 92.5 Å². The van der Waals surface area contributed by atoms with Crippen molar-refractivity contribution >= 4 is 7.28 Å². The molecule has 0 bridgehead atoms. The van der Waals surface area contributed by atoms with Crippen LogP contribution in [0, 0.1) is 0 Å². The first-order valence-electron chi connectivity index (χ1n) is 5.58. The minimum Gasteiger partial charge on any atom is -0.394 e. The van der Waals surface area contributed by atoms with Crippen LogP contribution in [-0.4, -0.2) is 32.2 Å². The summed E-state index contributed by atoms with van der Waals surface area (Å²) >= 11 is 0. The van der Waals surface area contributed by atoms with E-state index in [0.717, 1.165) is 20.2 Å². The quantitative estimate of drug-likeness (QED) is 0.542. The fourth-order valence-electron chi connectivity index (χ4n) is 1.61. The maximum Gasteiger partial charge on any atom is 0.132 e. The lowest BCUT2D eigenvalue weighted by Crippen LogP contribution is -2.08. The summed E-state index contributed by atoms with van der Waals surface area (Å²) < 4.78 is 5.22. The standard InChI is InChI=1S/C12H19BO2/c1-11(12-5-3-2-4-6-12)13-7-9-15-10-8-14/h2-6,11,13-14H,7-10H2,1H3. The zero-order valence-electron chi connectivity index (χ0n) is 9.36. The third-order valence-corrected chi connectivity index (χ3v) is 2.53. The van der Waals surface area contributed by atoms with E-state index in [4.69, 9.17) is 9.84 Å². The molecule has 0 amide bonds. The van der Waals surface area contributed by atoms with Gasteiger partial charge in [0, 0.05) is 6.61 Å². The van der Waals surface area contributed by atoms with Gasteiger partial charge in [-0.1, -0.05) is 49.1 Å². The molecule has 3 heteroatoms. The smallest absolute Gasteiger partial charge is 0.132 e. The minimum atomic E-state index is 0.119. The molecule has 0 aliphatic carbocycles. The number of benzene rings is 1. The second kappa shape index (κ2) is 7.49. The zero-order chi connectivity index (χ0) is 10.9. The highest BCUT2D eigenvalue weighted by molar-refractivity contribution is 6.37. The van der Waals surface area contributed by atoms with Gasteiger partial charge in [0.25, 0.3) is 0 Å². The summed E-state index contributed by atoms with van der Waals surface area (Å²) in [6.45, 7) is 3.56. The normalized spacial score (nSPS) is 12.4. The topological polar surface area (TPSA) is 29.5 Å². The van der Waals surface area contributed by atoms with Crippen LogP contribution in [-0.2, 0) is 4.74 Å². The third-order valence-electron chi connectivity index (χ3n) is 2.53. The molecular formula is C12H19BO2. The summed E-state index contributed by atoms with van der Waals surface area (Å²) in [4.78, 5) is 0. The van der Waals surface area contributed by atoms with Gasteiger partial charge in [0.15, 0.2) is 0 Å². The number of aliphatic hydroxyl groups excluding tert-OH is 1. The Bertz CT molecular complexity index is 251. The first-order chi connectivity index (χ1) is 7.34. The van der Waals surface area contributed by atoms with Crippen molar-refractivity contribution in [1.29, 1.82) is 0 Å². The average Bonchev–Trinajstić information content (AvgIpc) is 2.30. The van der Waals surface area contributed by atoms with Crippen molar-refractivity contribution in [3.63, 3.8) is 0 Å². The largest absolute Gasteiger partial charge is 0.394 e. The van der Waals surface area contributed by atoms with Gasteiger partial charge < -0.3 is 9.84 Å². The summed E-state index contributed by atoms with van der Waals surface area (Å²) in [5.41, 5.74) is 1.39. The highest BCUT2D eigenvalue weighted by Crippen LogP contribution is 2.13. The van der Waals surface area contributed by atoms with Crippen molar-refractivity contribution in [3.05, 3.63) is 35.9 Å². The molecule has 1 aromatic rings. The molecule has 0 fully saturated rings. The molecule has 0 heterocycles. The monoisotopic (exact) mass is 206 g/mol. The molecule has 15 heavy (non-hydrogen) atoms. The Morgan fingerprint density at radius 2 is 2.00 bits per heavy atom. The molecule has 82 valence electrons. The Morgan fingerprint density at radius 1 is 1.27 bits per heavy atom. The van der Waals surface area contributed by atoms with E-state index >= 15 is 0 Å². The van der Waals surface area contributed by atoms with E-state index in [9.17, 15) is 0 Å². The summed E-state index contributed by atoms with van der Waals surface area (Å²) in [5.74, 6) is 0.587. The summed E-state index contributed by atoms with van der Waals surface area (Å²) in [6, 6.07) is 10.5. The molecule has 0 aliphatic rings. The van der Waals surface area contributed by atoms with Crippen LogP contribution < -0.4 is 0 Å². The number of hydrogen-bond acceptors (Lipinski definition) is 2. The van der Waals surface area contributed by atoms with E-state index in [1.807, 2.05) is 6.07 Å². The van der Waals surface area contributed by atoms with Crippen LogP contribution in [0.5, 0.6) is 0 Å². The van der Waals surface area contributed by atoms with E-state index in [0.29, 0.717) is 12.4 Å². The van der Waals surface area contributed by atoms with E-state index in [2.05, 4.69) is 31.2 Å². The van der Waals surface area contributed by atoms with Crippen molar-refractivity contribution in [2.24, 2.45) is 0 Å². The lowest BCUT2D eigenvalue weighted by Gasteiger charge is -2.09. The van der Waals surface area contributed by atoms with E-state index in [1.54, 1.807) is 0 Å². The van der Waals surface area contributed by atoms with Gasteiger partial charge in [0.05, 0.1) is 13.2 Å². The predicted octanol–water partition coefficient (Wildman–Crippen LogP) is 1.61. The molecule has 1 atom stereocenters. The second-order valence-corrected chi connectivity index (χ2v) is 3.79. The molecule has 0 radical (unpaired) electrons. The van der Waals surface area contributed by atoms with E-state index < -0.39 is 0 Å². The van der Waals surface area contributed by atoms with Crippen LogP contribution in [0.2, 0.25) is 6.32 Å². The number of aliphatic hydroxyl groups is 1. The minimum absolute atomic E-state index is 0.119. The Morgan fingerprint density at radius 3 is 2.67 bits per heavy atom. The van der Waals surface area contributed by atoms with Crippen molar-refractivity contribution in [1.82, 2.24) is 0 Å². The van der Waals surface area contributed by atoms with Gasteiger partial charge in [-0.3, -0.25) is 0 Å². The maximum atomic E-state index is 8.53. The molecule has 1 unspecified atom stereocenters. The van der Waals surface area contributed by atoms with Crippen LogP contribution >= 0.6 is 0 Å². The zero-order valence-corrected chi connectivity index (χ0v) is 9.36. The first kappa shape index (κ1) is 12.3. The lowest BCUT2D eigenvalue weighted by atomic mass is 9.60. The van der Waals surface area contributed by atoms with Crippen LogP contribution in [0.25, 0.3) is 0 Å². The Balaban J connectivity index is 2.16. The highest BCUT2D eigenvalue weighted by Gasteiger charge is 2.05. The lowest BCUT2D eigenvalue weighted by molar-refractivity contribution is 0.101. The fourth-order valence-corrected chi connectivity index (χ4v) is 1.61. The third kappa shape index (κ3) is 5.00. The number of ether oxygens (including phenoxy) is 1. The van der Waals surface area contributed by atoms with Crippen molar-refractivity contribution in [2.75, 3.05) is 19.8 Å². The fraction of sp³-hybridized carbons (Fsp3) is 0.500. The predicted molar refractivity (Wildman–Crippen MR) is 64.7 cm³/mol. The van der Waals surface area contributed by atoms with Crippen molar-refractivity contribution in [3.8, 4) is 0 Å². The average molecular weight is 206 g/mol. The molecule has 0 saturated heterocycles. The molecular weight excluding hydrogens is 187 g/mol. The van der Waals surface area contributed by atoms with Crippen LogP contribution in [0.4, 0.5) is 0 Å². The van der Waals surface area contributed by atoms with Crippen LogP contribution in [0.3, 0.4) is 0 Å². The first-order valence-corrected chi connectivity index (χ1v) is 5.58. The van der Waals surface area contributed by atoms with Crippen LogP contribution in [0.1, 0.15) is 18.3 Å². The van der Waals surface area contributed by atoms with Gasteiger partial charge in [0.2, 0.25) is 0 Å². The number of rotatable bonds is 7. The Kier molecular flexibility index (Phi) is 6.13. The summed E-state index contributed by atoms with van der Waals surface area (Å²) in [6.07, 6.45) is 1.05. The Hall–Kier alpha value is -0.795. The SMILES string of the molecule is CC(BCCOCCO)c1ccccc1. The summed E-state index contributed by atoms with van der Waals surface area (Å²) in [7, 11) is 1.13. The highest BCUT2D eigenvalue weighted by atomic mass is 16.5. The van der Waals surface area contributed by atoms with Gasteiger partial charge in [-0.05, 0) is 5.82 Å². The van der Waals surface area contributed by atoms with Gasteiger partial charge in [0.1, 0.15) is 7.28 Å². The molecule has 1 N–H and O–H groups in total. The van der Waals surface area contributed by atoms with Crippen molar-refractivity contribution < 1.29 is 9.84 Å². The second-order valence-electron chi connectivity index (χ2n) is 3.79. The van der Waals surface area contributed by atoms with Crippen molar-refractivity contribution in [2.45, 2.75) is 19.1 Å².